The van der Waals surface area contributed by atoms with Gasteiger partial charge in [0.15, 0.2) is 0 Å². The zero-order chi connectivity index (χ0) is 24.9. The quantitative estimate of drug-likeness (QED) is 0.375. The van der Waals surface area contributed by atoms with Crippen LogP contribution >= 0.6 is 11.6 Å². The molecule has 0 spiro atoms. The zero-order valence-corrected chi connectivity index (χ0v) is 19.4. The normalized spacial score (nSPS) is 10.7. The van der Waals surface area contributed by atoms with Crippen LogP contribution in [0.25, 0.3) is 0 Å². The number of hydrogen-bond donors (Lipinski definition) is 2. The minimum absolute atomic E-state index is 0.0151. The van der Waals surface area contributed by atoms with E-state index in [2.05, 4.69) is 10.3 Å². The molecule has 0 radical (unpaired) electrons. The van der Waals surface area contributed by atoms with Crippen molar-refractivity contribution in [2.24, 2.45) is 0 Å². The molecule has 35 heavy (non-hydrogen) atoms. The third-order valence-corrected chi connectivity index (χ3v) is 5.42. The van der Waals surface area contributed by atoms with Gasteiger partial charge in [-0.05, 0) is 55.0 Å². The Morgan fingerprint density at radius 1 is 1.00 bits per heavy atom. The molecule has 0 saturated carbocycles. The average Bonchev–Trinajstić information content (AvgIpc) is 2.84. The van der Waals surface area contributed by atoms with Gasteiger partial charge >= 0.3 is 11.7 Å². The number of benzene rings is 2. The first-order valence-corrected chi connectivity index (χ1v) is 11.0. The second-order valence-corrected chi connectivity index (χ2v) is 8.01. The summed E-state index contributed by atoms with van der Waals surface area (Å²) in [6.07, 6.45) is 2.65. The molecular formula is C25H21ClN4O5. The van der Waals surface area contributed by atoms with Crippen LogP contribution in [0.5, 0.6) is 11.5 Å². The summed E-state index contributed by atoms with van der Waals surface area (Å²) in [5.74, 6) is -0.0192. The summed E-state index contributed by atoms with van der Waals surface area (Å²) >= 11 is 5.97. The number of anilines is 2. The van der Waals surface area contributed by atoms with Crippen molar-refractivity contribution in [2.75, 3.05) is 5.32 Å². The van der Waals surface area contributed by atoms with E-state index in [1.807, 2.05) is 12.1 Å². The summed E-state index contributed by atoms with van der Waals surface area (Å²) in [4.78, 5) is 40.5. The first-order chi connectivity index (χ1) is 16.8. The Balaban J connectivity index is 1.60. The number of aromatic carboxylic acids is 1. The van der Waals surface area contributed by atoms with Crippen molar-refractivity contribution < 1.29 is 14.6 Å². The predicted octanol–water partition coefficient (Wildman–Crippen LogP) is 4.36. The smallest absolute Gasteiger partial charge is 0.337 e. The number of carboxylic acids is 1. The number of aromatic nitrogens is 3. The van der Waals surface area contributed by atoms with E-state index in [9.17, 15) is 14.4 Å². The van der Waals surface area contributed by atoms with Crippen molar-refractivity contribution in [3.8, 4) is 11.5 Å². The van der Waals surface area contributed by atoms with E-state index in [0.29, 0.717) is 22.3 Å². The van der Waals surface area contributed by atoms with Gasteiger partial charge in [0.25, 0.3) is 5.56 Å². The van der Waals surface area contributed by atoms with Gasteiger partial charge in [0.05, 0.1) is 18.3 Å². The molecule has 0 bridgehead atoms. The van der Waals surface area contributed by atoms with Gasteiger partial charge in [-0.3, -0.25) is 18.9 Å². The van der Waals surface area contributed by atoms with Crippen molar-refractivity contribution in [3.63, 3.8) is 0 Å². The number of nitrogens with one attached hydrogen (secondary N) is 1. The van der Waals surface area contributed by atoms with Crippen LogP contribution in [0, 0.1) is 0 Å². The molecule has 0 atom stereocenters. The first-order valence-electron chi connectivity index (χ1n) is 10.7. The Labute approximate surface area is 204 Å². The zero-order valence-electron chi connectivity index (χ0n) is 18.6. The molecule has 4 rings (SSSR count). The van der Waals surface area contributed by atoms with Crippen molar-refractivity contribution in [2.45, 2.75) is 20.0 Å². The van der Waals surface area contributed by atoms with Gasteiger partial charge in [0, 0.05) is 29.5 Å². The summed E-state index contributed by atoms with van der Waals surface area (Å²) in [7, 11) is 0. The first kappa shape index (κ1) is 23.8. The van der Waals surface area contributed by atoms with Gasteiger partial charge in [-0.15, -0.1) is 0 Å². The number of rotatable bonds is 8. The van der Waals surface area contributed by atoms with E-state index in [1.165, 1.54) is 29.1 Å². The van der Waals surface area contributed by atoms with E-state index in [-0.39, 0.29) is 24.4 Å². The number of ether oxygens (including phenoxy) is 1. The van der Waals surface area contributed by atoms with Gasteiger partial charge in [-0.25, -0.2) is 9.59 Å². The third kappa shape index (κ3) is 5.59. The fourth-order valence-corrected chi connectivity index (χ4v) is 3.54. The molecular weight excluding hydrogens is 472 g/mol. The van der Waals surface area contributed by atoms with Crippen LogP contribution in [-0.2, 0) is 13.1 Å². The minimum atomic E-state index is -1.10. The van der Waals surface area contributed by atoms with Gasteiger partial charge in [-0.1, -0.05) is 23.7 Å². The van der Waals surface area contributed by atoms with Crippen LogP contribution in [0.3, 0.4) is 0 Å². The van der Waals surface area contributed by atoms with Crippen LogP contribution in [-0.4, -0.2) is 25.2 Å². The standard InChI is InChI=1S/C25H21ClN4O5/c1-2-29-23(31)12-22(30(25(29)34)15-16-3-5-18(26)6-4-16)28-19-7-9-20(10-8-19)35-21-11-17(24(32)33)13-27-14-21/h3-14,28H,2,15H2,1H3,(H,32,33). The molecule has 0 aliphatic carbocycles. The number of nitrogens with zero attached hydrogens (tertiary/aromatic N) is 3. The summed E-state index contributed by atoms with van der Waals surface area (Å²) in [6.45, 7) is 2.23. The maximum absolute atomic E-state index is 13.0. The lowest BCUT2D eigenvalue weighted by Gasteiger charge is -2.17. The Kier molecular flexibility index (Phi) is 6.98. The molecule has 178 valence electrons. The number of hydrogen-bond acceptors (Lipinski definition) is 6. The molecule has 2 aromatic heterocycles. The van der Waals surface area contributed by atoms with Crippen molar-refractivity contribution in [1.82, 2.24) is 14.1 Å². The molecule has 0 unspecified atom stereocenters. The maximum atomic E-state index is 13.0. The summed E-state index contributed by atoms with van der Waals surface area (Å²) in [5, 5.41) is 12.8. The van der Waals surface area contributed by atoms with E-state index >= 15 is 0 Å². The number of carbonyl (C=O) groups is 1. The van der Waals surface area contributed by atoms with Crippen LogP contribution in [0.2, 0.25) is 5.02 Å². The van der Waals surface area contributed by atoms with Crippen molar-refractivity contribution in [1.29, 1.82) is 0 Å². The van der Waals surface area contributed by atoms with E-state index in [0.717, 1.165) is 10.1 Å². The Hall–Kier alpha value is -4.37. The Morgan fingerprint density at radius 2 is 1.71 bits per heavy atom. The monoisotopic (exact) mass is 492 g/mol. The highest BCUT2D eigenvalue weighted by molar-refractivity contribution is 6.30. The molecule has 9 nitrogen and oxygen atoms in total. The van der Waals surface area contributed by atoms with Crippen LogP contribution < -0.4 is 21.3 Å². The number of pyridine rings is 1. The minimum Gasteiger partial charge on any atom is -0.478 e. The fourth-order valence-electron chi connectivity index (χ4n) is 3.42. The Morgan fingerprint density at radius 3 is 2.37 bits per heavy atom. The fraction of sp³-hybridized carbons (Fsp3) is 0.120. The lowest BCUT2D eigenvalue weighted by molar-refractivity contribution is 0.0696. The second-order valence-electron chi connectivity index (χ2n) is 7.57. The molecule has 2 heterocycles. The SMILES string of the molecule is CCn1c(=O)cc(Nc2ccc(Oc3cncc(C(=O)O)c3)cc2)n(Cc2ccc(Cl)cc2)c1=O. The molecule has 0 aliphatic heterocycles. The molecule has 0 amide bonds. The summed E-state index contributed by atoms with van der Waals surface area (Å²) in [6, 6.07) is 16.7. The lowest BCUT2D eigenvalue weighted by Crippen LogP contribution is -2.40. The maximum Gasteiger partial charge on any atom is 0.337 e. The average molecular weight is 493 g/mol. The molecule has 2 aromatic carbocycles. The van der Waals surface area contributed by atoms with Crippen LogP contribution in [0.4, 0.5) is 11.5 Å². The van der Waals surface area contributed by atoms with E-state index in [4.69, 9.17) is 21.4 Å². The van der Waals surface area contributed by atoms with Gasteiger partial charge in [0.1, 0.15) is 17.3 Å². The molecule has 2 N–H and O–H groups in total. The summed E-state index contributed by atoms with van der Waals surface area (Å²) in [5.41, 5.74) is 0.650. The van der Waals surface area contributed by atoms with E-state index in [1.54, 1.807) is 43.3 Å². The van der Waals surface area contributed by atoms with E-state index < -0.39 is 17.2 Å². The van der Waals surface area contributed by atoms with Gasteiger partial charge in [-0.2, -0.15) is 0 Å². The van der Waals surface area contributed by atoms with Gasteiger partial charge in [0.2, 0.25) is 0 Å². The van der Waals surface area contributed by atoms with Crippen LogP contribution in [0.1, 0.15) is 22.8 Å². The highest BCUT2D eigenvalue weighted by Gasteiger charge is 2.12. The molecule has 10 heteroatoms. The van der Waals surface area contributed by atoms with Crippen LogP contribution in [0.15, 0.2) is 82.6 Å². The predicted molar refractivity (Wildman–Crippen MR) is 132 cm³/mol. The van der Waals surface area contributed by atoms with Crippen molar-refractivity contribution >= 4 is 29.1 Å². The largest absolute Gasteiger partial charge is 0.478 e. The molecule has 0 fully saturated rings. The van der Waals surface area contributed by atoms with Crippen molar-refractivity contribution in [3.05, 3.63) is 110 Å². The molecule has 4 aromatic rings. The number of halogens is 1. The molecule has 0 saturated heterocycles. The van der Waals surface area contributed by atoms with Gasteiger partial charge < -0.3 is 15.2 Å². The summed E-state index contributed by atoms with van der Waals surface area (Å²) < 4.78 is 8.33. The number of carboxylic acid groups (broad SMARTS) is 1. The highest BCUT2D eigenvalue weighted by atomic mass is 35.5. The Bertz CT molecular complexity index is 1480. The third-order valence-electron chi connectivity index (χ3n) is 5.17. The molecule has 0 aliphatic rings. The topological polar surface area (TPSA) is 115 Å². The lowest BCUT2D eigenvalue weighted by atomic mass is 10.2. The highest BCUT2D eigenvalue weighted by Crippen LogP contribution is 2.24. The second kappa shape index (κ2) is 10.3.